The molecule has 4 heterocycles. The van der Waals surface area contributed by atoms with Crippen LogP contribution in [-0.2, 0) is 17.5 Å². The number of carbonyl (C=O) groups excluding carboxylic acids is 1. The normalized spacial score (nSPS) is 17.2. The van der Waals surface area contributed by atoms with Crippen LogP contribution in [0.3, 0.4) is 0 Å². The summed E-state index contributed by atoms with van der Waals surface area (Å²) in [5.74, 6) is -0.428. The Balaban J connectivity index is 0.930. The fourth-order valence-corrected chi connectivity index (χ4v) is 7.78. The molecule has 2 N–H and O–H groups in total. The molecule has 0 radical (unpaired) electrons. The Bertz CT molecular complexity index is 2340. The zero-order valence-corrected chi connectivity index (χ0v) is 31.4. The number of hydrogen-bond acceptors (Lipinski definition) is 9. The molecule has 2 aliphatic rings. The fraction of sp³-hybridized carbons (Fsp3) is 0.366. The number of aryl methyl sites for hydroxylation is 1. The van der Waals surface area contributed by atoms with Crippen LogP contribution in [0.1, 0.15) is 60.7 Å². The number of aromatic nitrogens is 7. The first kappa shape index (κ1) is 37.1. The number of anilines is 2. The third-order valence-corrected chi connectivity index (χ3v) is 11.0. The van der Waals surface area contributed by atoms with Crippen LogP contribution in [0, 0.1) is 12.3 Å². The first-order valence-corrected chi connectivity index (χ1v) is 18.7. The van der Waals surface area contributed by atoms with Gasteiger partial charge >= 0.3 is 12.2 Å². The number of H-pyrrole nitrogens is 1. The Labute approximate surface area is 322 Å². The Morgan fingerprint density at radius 1 is 1.07 bits per heavy atom. The standard InChI is InChI=1S/C41H43F3N10O2/c1-26-11-13-29(52(2)35-15-18-45-39(48-35)56-3)21-31(26)34-24-54(51-50-34)23-30-10-7-19-53(30)25-40(16-17-40)22-36(55)49-37(27-8-5-4-6-9-27)28-12-14-32-33(20-28)47-38(46-32)41(42,43)44/h4-6,8-9,11-15,18,20-21,24,30,37H,7,10,16-17,19,22-23,25H2,1-3H3,(H,46,47)(H,49,55). The summed E-state index contributed by atoms with van der Waals surface area (Å²) >= 11 is 0. The van der Waals surface area contributed by atoms with Crippen molar-refractivity contribution in [2.45, 2.75) is 63.8 Å². The molecule has 1 aliphatic carbocycles. The molecule has 1 saturated heterocycles. The predicted octanol–water partition coefficient (Wildman–Crippen LogP) is 7.26. The van der Waals surface area contributed by atoms with Crippen molar-refractivity contribution in [3.63, 3.8) is 0 Å². The van der Waals surface area contributed by atoms with Crippen molar-refractivity contribution in [3.05, 3.63) is 108 Å². The van der Waals surface area contributed by atoms with Crippen LogP contribution >= 0.6 is 0 Å². The summed E-state index contributed by atoms with van der Waals surface area (Å²) in [7, 11) is 3.49. The highest BCUT2D eigenvalue weighted by molar-refractivity contribution is 5.80. The predicted molar refractivity (Wildman–Crippen MR) is 205 cm³/mol. The number of hydrogen-bond donors (Lipinski definition) is 2. The van der Waals surface area contributed by atoms with E-state index < -0.39 is 18.0 Å². The molecular formula is C41H43F3N10O2. The number of alkyl halides is 3. The third-order valence-electron chi connectivity index (χ3n) is 11.0. The highest BCUT2D eigenvalue weighted by Gasteiger charge is 2.47. The fourth-order valence-electron chi connectivity index (χ4n) is 7.78. The molecule has 1 amide bonds. The number of imidazole rings is 1. The molecule has 1 saturated carbocycles. The van der Waals surface area contributed by atoms with Crippen LogP contribution in [-0.4, -0.2) is 79.0 Å². The lowest BCUT2D eigenvalue weighted by molar-refractivity contribution is -0.144. The number of methoxy groups -OCH3 is 1. The molecule has 290 valence electrons. The Hall–Kier alpha value is -5.83. The minimum Gasteiger partial charge on any atom is -0.467 e. The van der Waals surface area contributed by atoms with Crippen LogP contribution in [0.25, 0.3) is 22.3 Å². The van der Waals surface area contributed by atoms with Gasteiger partial charge < -0.3 is 19.9 Å². The van der Waals surface area contributed by atoms with Gasteiger partial charge in [0.2, 0.25) is 11.7 Å². The van der Waals surface area contributed by atoms with Gasteiger partial charge in [-0.2, -0.15) is 18.2 Å². The molecule has 8 rings (SSSR count). The molecule has 0 spiro atoms. The molecule has 0 bridgehead atoms. The van der Waals surface area contributed by atoms with E-state index in [0.717, 1.165) is 66.8 Å². The molecule has 2 atom stereocenters. The van der Waals surface area contributed by atoms with E-state index in [1.807, 2.05) is 65.3 Å². The number of halogens is 3. The molecule has 15 heteroatoms. The second kappa shape index (κ2) is 15.0. The SMILES string of the molecule is COc1nccc(N(C)c2ccc(C)c(-c3cn(CC4CCCN4CC4(CC(=O)NC(c5ccccc5)c5ccc6nc(C(F)(F)F)[nH]c6c5)CC4)nn3)c2)n1. The van der Waals surface area contributed by atoms with Crippen molar-refractivity contribution in [3.8, 4) is 17.3 Å². The van der Waals surface area contributed by atoms with Gasteiger partial charge in [0.25, 0.3) is 0 Å². The molecule has 2 unspecified atom stereocenters. The van der Waals surface area contributed by atoms with E-state index in [-0.39, 0.29) is 28.4 Å². The van der Waals surface area contributed by atoms with Crippen LogP contribution in [0.5, 0.6) is 6.01 Å². The summed E-state index contributed by atoms with van der Waals surface area (Å²) in [5.41, 5.74) is 5.65. The van der Waals surface area contributed by atoms with Gasteiger partial charge in [0.1, 0.15) is 11.5 Å². The van der Waals surface area contributed by atoms with E-state index in [1.54, 1.807) is 31.5 Å². The van der Waals surface area contributed by atoms with Gasteiger partial charge in [-0.25, -0.2) is 9.97 Å². The van der Waals surface area contributed by atoms with Gasteiger partial charge in [-0.3, -0.25) is 14.4 Å². The summed E-state index contributed by atoms with van der Waals surface area (Å²) in [4.78, 5) is 33.0. The zero-order valence-electron chi connectivity index (χ0n) is 31.4. The second-order valence-electron chi connectivity index (χ2n) is 15.0. The van der Waals surface area contributed by atoms with Gasteiger partial charge in [-0.05, 0) is 91.6 Å². The van der Waals surface area contributed by atoms with Gasteiger partial charge in [0.05, 0.1) is 36.9 Å². The Kier molecular flexibility index (Phi) is 9.95. The van der Waals surface area contributed by atoms with Gasteiger partial charge in [-0.15, -0.1) is 5.10 Å². The maximum Gasteiger partial charge on any atom is 0.449 e. The van der Waals surface area contributed by atoms with E-state index in [2.05, 4.69) is 59.5 Å². The van der Waals surface area contributed by atoms with Crippen molar-refractivity contribution in [2.75, 3.05) is 32.1 Å². The second-order valence-corrected chi connectivity index (χ2v) is 15.0. The maximum atomic E-state index is 13.8. The molecule has 2 fully saturated rings. The van der Waals surface area contributed by atoms with E-state index in [9.17, 15) is 18.0 Å². The van der Waals surface area contributed by atoms with Gasteiger partial charge in [-0.1, -0.05) is 47.7 Å². The van der Waals surface area contributed by atoms with E-state index in [1.165, 1.54) is 0 Å². The summed E-state index contributed by atoms with van der Waals surface area (Å²) in [6.07, 6.45) is 3.46. The number of rotatable bonds is 13. The first-order chi connectivity index (χ1) is 27.0. The number of amides is 1. The van der Waals surface area contributed by atoms with Crippen LogP contribution < -0.4 is 15.0 Å². The minimum absolute atomic E-state index is 0.0872. The first-order valence-electron chi connectivity index (χ1n) is 18.7. The molecule has 3 aromatic heterocycles. The topological polar surface area (TPSA) is 130 Å². The van der Waals surface area contributed by atoms with Gasteiger partial charge in [0, 0.05) is 43.5 Å². The largest absolute Gasteiger partial charge is 0.467 e. The van der Waals surface area contributed by atoms with Crippen LogP contribution in [0.4, 0.5) is 24.7 Å². The smallest absolute Gasteiger partial charge is 0.449 e. The molecule has 12 nitrogen and oxygen atoms in total. The highest BCUT2D eigenvalue weighted by Crippen LogP contribution is 2.50. The number of carbonyl (C=O) groups is 1. The van der Waals surface area contributed by atoms with E-state index in [4.69, 9.17) is 4.74 Å². The van der Waals surface area contributed by atoms with Crippen LogP contribution in [0.2, 0.25) is 0 Å². The summed E-state index contributed by atoms with van der Waals surface area (Å²) < 4.78 is 47.2. The van der Waals surface area contributed by atoms with Crippen molar-refractivity contribution in [2.24, 2.45) is 5.41 Å². The number of ether oxygens (including phenoxy) is 1. The lowest BCUT2D eigenvalue weighted by Gasteiger charge is -2.29. The third kappa shape index (κ3) is 7.94. The summed E-state index contributed by atoms with van der Waals surface area (Å²) in [5, 5.41) is 12.3. The quantitative estimate of drug-likeness (QED) is 0.125. The molecular weight excluding hydrogens is 722 g/mol. The molecule has 6 aromatic rings. The van der Waals surface area contributed by atoms with Crippen molar-refractivity contribution in [1.29, 1.82) is 0 Å². The van der Waals surface area contributed by atoms with Crippen molar-refractivity contribution in [1.82, 2.24) is 45.1 Å². The molecule has 56 heavy (non-hydrogen) atoms. The van der Waals surface area contributed by atoms with Crippen LogP contribution in [0.15, 0.2) is 85.2 Å². The average molecular weight is 765 g/mol. The average Bonchev–Trinajstić information content (AvgIpc) is 3.52. The Morgan fingerprint density at radius 3 is 2.66 bits per heavy atom. The number of fused-ring (bicyclic) bond motifs is 1. The van der Waals surface area contributed by atoms with E-state index in [0.29, 0.717) is 30.4 Å². The van der Waals surface area contributed by atoms with Crippen molar-refractivity contribution >= 4 is 28.4 Å². The number of aromatic amines is 1. The van der Waals surface area contributed by atoms with E-state index >= 15 is 0 Å². The summed E-state index contributed by atoms with van der Waals surface area (Å²) in [6, 6.07) is 22.5. The molecule has 1 aliphatic heterocycles. The van der Waals surface area contributed by atoms with Gasteiger partial charge in [0.15, 0.2) is 0 Å². The zero-order chi connectivity index (χ0) is 39.0. The number of likely N-dealkylation sites (tertiary alicyclic amines) is 1. The molecule has 3 aromatic carbocycles. The number of benzene rings is 3. The monoisotopic (exact) mass is 764 g/mol. The maximum absolute atomic E-state index is 13.8. The number of nitrogens with one attached hydrogen (secondary N) is 2. The van der Waals surface area contributed by atoms with Crippen molar-refractivity contribution < 1.29 is 22.7 Å². The summed E-state index contributed by atoms with van der Waals surface area (Å²) in [6.45, 7) is 4.51. The number of nitrogens with zero attached hydrogens (tertiary/aromatic N) is 8. The highest BCUT2D eigenvalue weighted by atomic mass is 19.4. The lowest BCUT2D eigenvalue weighted by atomic mass is 9.96. The Morgan fingerprint density at radius 2 is 1.89 bits per heavy atom. The lowest BCUT2D eigenvalue weighted by Crippen LogP contribution is -2.39. The minimum atomic E-state index is -4.59.